The van der Waals surface area contributed by atoms with Crippen LogP contribution in [0.3, 0.4) is 0 Å². The van der Waals surface area contributed by atoms with Crippen molar-refractivity contribution < 1.29 is 9.90 Å². The lowest BCUT2D eigenvalue weighted by molar-refractivity contribution is -0.122. The van der Waals surface area contributed by atoms with Gasteiger partial charge in [0.2, 0.25) is 5.91 Å². The molecule has 0 fully saturated rings. The van der Waals surface area contributed by atoms with E-state index in [1.807, 2.05) is 38.1 Å². The fourth-order valence-corrected chi connectivity index (χ4v) is 2.21. The number of aliphatic hydroxyl groups is 1. The fraction of sp³-hybridized carbons (Fsp3) is 0.500. The number of hydrogen-bond donors (Lipinski definition) is 3. The molecule has 2 aromatic rings. The van der Waals surface area contributed by atoms with Crippen molar-refractivity contribution in [3.8, 4) is 0 Å². The molecule has 1 heterocycles. The average molecular weight is 289 g/mol. The Balaban J connectivity index is 1.83. The summed E-state index contributed by atoms with van der Waals surface area (Å²) in [4.78, 5) is 19.5. The number of amides is 1. The molecule has 1 amide bonds. The van der Waals surface area contributed by atoms with Gasteiger partial charge in [0.25, 0.3) is 0 Å². The summed E-state index contributed by atoms with van der Waals surface area (Å²) >= 11 is 0. The van der Waals surface area contributed by atoms with Crippen molar-refractivity contribution in [2.45, 2.75) is 45.1 Å². The Labute approximate surface area is 124 Å². The van der Waals surface area contributed by atoms with Crippen LogP contribution in [0.1, 0.15) is 38.9 Å². The summed E-state index contributed by atoms with van der Waals surface area (Å²) in [5, 5.41) is 12.9. The maximum atomic E-state index is 11.8. The van der Waals surface area contributed by atoms with Crippen molar-refractivity contribution >= 4 is 16.9 Å². The first-order valence-electron chi connectivity index (χ1n) is 7.49. The molecule has 0 spiro atoms. The zero-order chi connectivity index (χ0) is 15.3. The van der Waals surface area contributed by atoms with E-state index in [4.69, 9.17) is 0 Å². The minimum atomic E-state index is -0.797. The number of para-hydroxylation sites is 2. The molecule has 0 aliphatic heterocycles. The molecule has 0 atom stereocenters. The number of carbonyl (C=O) groups excluding carboxylic acids is 1. The van der Waals surface area contributed by atoms with Crippen molar-refractivity contribution in [1.82, 2.24) is 15.3 Å². The summed E-state index contributed by atoms with van der Waals surface area (Å²) in [5.41, 5.74) is 1.10. The van der Waals surface area contributed by atoms with Gasteiger partial charge in [0.1, 0.15) is 5.82 Å². The molecule has 0 bridgehead atoms. The number of H-pyrrole nitrogens is 1. The van der Waals surface area contributed by atoms with Gasteiger partial charge in [-0.3, -0.25) is 4.79 Å². The monoisotopic (exact) mass is 289 g/mol. The smallest absolute Gasteiger partial charge is 0.220 e. The lowest BCUT2D eigenvalue weighted by Gasteiger charge is -2.25. The maximum Gasteiger partial charge on any atom is 0.220 e. The number of nitrogens with one attached hydrogen (secondary N) is 2. The van der Waals surface area contributed by atoms with Gasteiger partial charge in [0.15, 0.2) is 0 Å². The summed E-state index contributed by atoms with van der Waals surface area (Å²) in [6.07, 6.45) is 2.20. The van der Waals surface area contributed by atoms with Gasteiger partial charge in [-0.2, -0.15) is 0 Å². The second-order valence-electron chi connectivity index (χ2n) is 5.41. The van der Waals surface area contributed by atoms with Crippen LogP contribution in [0.2, 0.25) is 0 Å². The zero-order valence-electron chi connectivity index (χ0n) is 12.6. The number of aryl methyl sites for hydroxylation is 1. The molecule has 114 valence electrons. The third-order valence-corrected chi connectivity index (χ3v) is 3.96. The molecular weight excluding hydrogens is 266 g/mol. The lowest BCUT2D eigenvalue weighted by atomic mass is 9.97. The molecule has 21 heavy (non-hydrogen) atoms. The fourth-order valence-electron chi connectivity index (χ4n) is 2.21. The van der Waals surface area contributed by atoms with Gasteiger partial charge in [-0.15, -0.1) is 0 Å². The van der Waals surface area contributed by atoms with E-state index in [9.17, 15) is 9.90 Å². The van der Waals surface area contributed by atoms with Crippen molar-refractivity contribution in [3.63, 3.8) is 0 Å². The second-order valence-corrected chi connectivity index (χ2v) is 5.41. The van der Waals surface area contributed by atoms with Gasteiger partial charge < -0.3 is 15.4 Å². The van der Waals surface area contributed by atoms with Crippen molar-refractivity contribution in [1.29, 1.82) is 0 Å². The Morgan fingerprint density at radius 2 is 2.05 bits per heavy atom. The van der Waals surface area contributed by atoms with Gasteiger partial charge in [-0.1, -0.05) is 26.0 Å². The van der Waals surface area contributed by atoms with E-state index in [0.717, 1.165) is 16.9 Å². The molecule has 0 unspecified atom stereocenters. The van der Waals surface area contributed by atoms with E-state index < -0.39 is 5.60 Å². The van der Waals surface area contributed by atoms with E-state index in [1.54, 1.807) is 0 Å². The summed E-state index contributed by atoms with van der Waals surface area (Å²) in [6, 6.07) is 7.80. The first kappa shape index (κ1) is 15.5. The van der Waals surface area contributed by atoms with E-state index in [-0.39, 0.29) is 5.91 Å². The van der Waals surface area contributed by atoms with Crippen LogP contribution in [0.25, 0.3) is 11.0 Å². The zero-order valence-corrected chi connectivity index (χ0v) is 12.6. The summed E-state index contributed by atoms with van der Waals surface area (Å²) < 4.78 is 0. The molecule has 3 N–H and O–H groups in total. The molecule has 2 rings (SSSR count). The topological polar surface area (TPSA) is 78.0 Å². The van der Waals surface area contributed by atoms with Crippen LogP contribution < -0.4 is 5.32 Å². The molecule has 0 radical (unpaired) electrons. The first-order valence-corrected chi connectivity index (χ1v) is 7.49. The third kappa shape index (κ3) is 4.04. The first-order chi connectivity index (χ1) is 10.1. The van der Waals surface area contributed by atoms with Crippen LogP contribution in [0, 0.1) is 0 Å². The van der Waals surface area contributed by atoms with Gasteiger partial charge >= 0.3 is 0 Å². The molecule has 0 saturated heterocycles. The van der Waals surface area contributed by atoms with E-state index in [1.165, 1.54) is 0 Å². The largest absolute Gasteiger partial charge is 0.388 e. The van der Waals surface area contributed by atoms with Gasteiger partial charge in [0, 0.05) is 19.4 Å². The molecule has 1 aromatic heterocycles. The Morgan fingerprint density at radius 1 is 1.33 bits per heavy atom. The van der Waals surface area contributed by atoms with Crippen molar-refractivity contribution in [2.24, 2.45) is 0 Å². The van der Waals surface area contributed by atoms with Gasteiger partial charge in [-0.05, 0) is 25.0 Å². The lowest BCUT2D eigenvalue weighted by Crippen LogP contribution is -2.42. The number of imidazole rings is 1. The standard InChI is InChI=1S/C16H23N3O2/c1-3-16(21,4-2)11-17-15(20)10-9-14-18-12-7-5-6-8-13(12)19-14/h5-8,21H,3-4,9-11H2,1-2H3,(H,17,20)(H,18,19). The quantitative estimate of drug-likeness (QED) is 0.731. The Bertz CT molecular complexity index is 569. The van der Waals surface area contributed by atoms with Crippen LogP contribution in [-0.4, -0.2) is 33.1 Å². The molecular formula is C16H23N3O2. The third-order valence-electron chi connectivity index (χ3n) is 3.96. The minimum Gasteiger partial charge on any atom is -0.388 e. The predicted molar refractivity (Wildman–Crippen MR) is 83.0 cm³/mol. The van der Waals surface area contributed by atoms with Crippen LogP contribution in [-0.2, 0) is 11.2 Å². The number of aromatic nitrogens is 2. The molecule has 5 nitrogen and oxygen atoms in total. The second kappa shape index (κ2) is 6.72. The van der Waals surface area contributed by atoms with Gasteiger partial charge in [-0.25, -0.2) is 4.98 Å². The highest BCUT2D eigenvalue weighted by molar-refractivity contribution is 5.77. The van der Waals surface area contributed by atoms with Crippen LogP contribution in [0.15, 0.2) is 24.3 Å². The Morgan fingerprint density at radius 3 is 2.71 bits per heavy atom. The van der Waals surface area contributed by atoms with Crippen LogP contribution in [0.4, 0.5) is 0 Å². The van der Waals surface area contributed by atoms with Crippen LogP contribution >= 0.6 is 0 Å². The number of fused-ring (bicyclic) bond motifs is 1. The molecule has 0 saturated carbocycles. The molecule has 0 aliphatic carbocycles. The maximum absolute atomic E-state index is 11.8. The summed E-state index contributed by atoms with van der Waals surface area (Å²) in [5.74, 6) is 0.753. The predicted octanol–water partition coefficient (Wildman–Crippen LogP) is 2.16. The Kier molecular flexibility index (Phi) is 4.96. The highest BCUT2D eigenvalue weighted by atomic mass is 16.3. The average Bonchev–Trinajstić information content (AvgIpc) is 2.93. The highest BCUT2D eigenvalue weighted by Gasteiger charge is 2.22. The van der Waals surface area contributed by atoms with Crippen molar-refractivity contribution in [3.05, 3.63) is 30.1 Å². The SMILES string of the molecule is CCC(O)(CC)CNC(=O)CCc1nc2ccccc2[nH]1. The van der Waals surface area contributed by atoms with E-state index >= 15 is 0 Å². The van der Waals surface area contributed by atoms with Crippen LogP contribution in [0.5, 0.6) is 0 Å². The number of hydrogen-bond acceptors (Lipinski definition) is 3. The minimum absolute atomic E-state index is 0.0595. The summed E-state index contributed by atoms with van der Waals surface area (Å²) in [7, 11) is 0. The molecule has 5 heteroatoms. The van der Waals surface area contributed by atoms with E-state index in [2.05, 4.69) is 15.3 Å². The number of carbonyl (C=O) groups is 1. The normalized spacial score (nSPS) is 11.8. The molecule has 0 aliphatic rings. The number of benzene rings is 1. The number of nitrogens with zero attached hydrogens (tertiary/aromatic N) is 1. The Hall–Kier alpha value is -1.88. The molecule has 1 aromatic carbocycles. The number of aromatic amines is 1. The highest BCUT2D eigenvalue weighted by Crippen LogP contribution is 2.13. The number of rotatable bonds is 7. The van der Waals surface area contributed by atoms with E-state index in [0.29, 0.717) is 32.2 Å². The van der Waals surface area contributed by atoms with Crippen molar-refractivity contribution in [2.75, 3.05) is 6.54 Å². The summed E-state index contributed by atoms with van der Waals surface area (Å²) in [6.45, 7) is 4.15. The van der Waals surface area contributed by atoms with Gasteiger partial charge in [0.05, 0.1) is 16.6 Å².